The van der Waals surface area contributed by atoms with Gasteiger partial charge in [-0.25, -0.2) is 0 Å². The number of methoxy groups -OCH3 is 1. The molecule has 0 aliphatic carbocycles. The van der Waals surface area contributed by atoms with Crippen LogP contribution in [0, 0.1) is 5.92 Å². The van der Waals surface area contributed by atoms with Gasteiger partial charge in [0.25, 0.3) is 0 Å². The van der Waals surface area contributed by atoms with Crippen molar-refractivity contribution >= 4 is 15.9 Å². The predicted octanol–water partition coefficient (Wildman–Crippen LogP) is 4.22. The van der Waals surface area contributed by atoms with Crippen LogP contribution in [0.1, 0.15) is 19.4 Å². The highest BCUT2D eigenvalue weighted by molar-refractivity contribution is 9.09. The molecule has 0 N–H and O–H groups in total. The molecule has 0 aliphatic heterocycles. The van der Waals surface area contributed by atoms with Crippen molar-refractivity contribution in [2.75, 3.05) is 12.4 Å². The molecule has 0 aliphatic rings. The Bertz CT molecular complexity index is 345. The van der Waals surface area contributed by atoms with Crippen LogP contribution in [0.5, 0.6) is 0 Å². The maximum absolute atomic E-state index is 5.60. The molecule has 0 saturated carbocycles. The number of halogens is 1. The van der Waals surface area contributed by atoms with Crippen LogP contribution in [0.15, 0.2) is 42.0 Å². The van der Waals surface area contributed by atoms with E-state index >= 15 is 0 Å². The predicted molar refractivity (Wildman–Crippen MR) is 77.7 cm³/mol. The maximum atomic E-state index is 5.60. The molecular weight excluding hydrogens is 276 g/mol. The highest BCUT2D eigenvalue weighted by atomic mass is 79.9. The largest absolute Gasteiger partial charge is 0.381 e. The van der Waals surface area contributed by atoms with Gasteiger partial charge < -0.3 is 4.74 Å². The van der Waals surface area contributed by atoms with Crippen molar-refractivity contribution in [1.29, 1.82) is 0 Å². The van der Waals surface area contributed by atoms with Gasteiger partial charge in [0, 0.05) is 18.4 Å². The summed E-state index contributed by atoms with van der Waals surface area (Å²) in [5.41, 5.74) is 2.68. The smallest absolute Gasteiger partial charge is 0.0671 e. The van der Waals surface area contributed by atoms with Gasteiger partial charge in [-0.15, -0.1) is 0 Å². The highest BCUT2D eigenvalue weighted by Gasteiger charge is 2.15. The zero-order valence-electron chi connectivity index (χ0n) is 10.8. The van der Waals surface area contributed by atoms with Crippen LogP contribution in [0.4, 0.5) is 0 Å². The summed E-state index contributed by atoms with van der Waals surface area (Å²) < 4.78 is 5.60. The lowest BCUT2D eigenvalue weighted by molar-refractivity contribution is 0.0744. The Morgan fingerprint density at radius 2 is 2.00 bits per heavy atom. The monoisotopic (exact) mass is 296 g/mol. The summed E-state index contributed by atoms with van der Waals surface area (Å²) in [6.07, 6.45) is 3.49. The molecule has 0 bridgehead atoms. The maximum Gasteiger partial charge on any atom is 0.0671 e. The molecule has 0 spiro atoms. The molecule has 17 heavy (non-hydrogen) atoms. The quantitative estimate of drug-likeness (QED) is 0.564. The van der Waals surface area contributed by atoms with Gasteiger partial charge in [-0.1, -0.05) is 64.8 Å². The molecule has 0 radical (unpaired) electrons. The normalized spacial score (nSPS) is 15.6. The van der Waals surface area contributed by atoms with Crippen molar-refractivity contribution in [1.82, 2.24) is 0 Å². The average molecular weight is 297 g/mol. The number of benzene rings is 1. The fourth-order valence-electron chi connectivity index (χ4n) is 1.93. The number of allylic oxidation sites excluding steroid dienone is 1. The Morgan fingerprint density at radius 3 is 2.53 bits per heavy atom. The number of hydrogen-bond acceptors (Lipinski definition) is 1. The lowest BCUT2D eigenvalue weighted by Gasteiger charge is -2.20. The van der Waals surface area contributed by atoms with Gasteiger partial charge in [0.05, 0.1) is 6.10 Å². The third kappa shape index (κ3) is 5.05. The zero-order chi connectivity index (χ0) is 12.7. The molecule has 0 fully saturated rings. The van der Waals surface area contributed by atoms with Crippen molar-refractivity contribution in [2.24, 2.45) is 5.92 Å². The summed E-state index contributed by atoms with van der Waals surface area (Å²) in [4.78, 5) is 0. The van der Waals surface area contributed by atoms with E-state index in [1.165, 1.54) is 11.1 Å². The van der Waals surface area contributed by atoms with Crippen molar-refractivity contribution in [3.63, 3.8) is 0 Å². The second-order valence-electron chi connectivity index (χ2n) is 4.47. The van der Waals surface area contributed by atoms with E-state index in [0.717, 1.165) is 11.8 Å². The molecule has 0 saturated heterocycles. The molecule has 94 valence electrons. The number of alkyl halides is 1. The van der Waals surface area contributed by atoms with Gasteiger partial charge >= 0.3 is 0 Å². The van der Waals surface area contributed by atoms with Crippen molar-refractivity contribution in [3.8, 4) is 0 Å². The van der Waals surface area contributed by atoms with Crippen LogP contribution in [0.3, 0.4) is 0 Å². The summed E-state index contributed by atoms with van der Waals surface area (Å²) in [6.45, 7) is 4.35. The van der Waals surface area contributed by atoms with Gasteiger partial charge in [0.15, 0.2) is 0 Å². The minimum Gasteiger partial charge on any atom is -0.381 e. The van der Waals surface area contributed by atoms with Gasteiger partial charge in [0.2, 0.25) is 0 Å². The number of rotatable bonds is 6. The summed E-state index contributed by atoms with van der Waals surface area (Å²) in [6, 6.07) is 10.5. The van der Waals surface area contributed by atoms with Crippen molar-refractivity contribution in [3.05, 3.63) is 47.5 Å². The first kappa shape index (κ1) is 14.5. The molecular formula is C15H21BrO. The second kappa shape index (κ2) is 7.67. The van der Waals surface area contributed by atoms with E-state index in [2.05, 4.69) is 60.1 Å². The lowest BCUT2D eigenvalue weighted by Crippen LogP contribution is -2.22. The Morgan fingerprint density at radius 1 is 1.35 bits per heavy atom. The number of ether oxygens (including phenoxy) is 1. The molecule has 1 aromatic carbocycles. The number of hydrogen-bond donors (Lipinski definition) is 0. The summed E-state index contributed by atoms with van der Waals surface area (Å²) in [5, 5.41) is 0.930. The van der Waals surface area contributed by atoms with Crippen LogP contribution in [0.2, 0.25) is 0 Å². The lowest BCUT2D eigenvalue weighted by atomic mass is 9.96. The topological polar surface area (TPSA) is 9.23 Å². The van der Waals surface area contributed by atoms with Crippen LogP contribution < -0.4 is 0 Å². The van der Waals surface area contributed by atoms with Crippen LogP contribution >= 0.6 is 15.9 Å². The molecule has 1 nitrogen and oxygen atoms in total. The SMILES string of the molecule is CO[C@@H](Cc1ccccc1)[C@@H](C)/C=C(\C)CBr. The van der Waals surface area contributed by atoms with Gasteiger partial charge in [-0.2, -0.15) is 0 Å². The third-order valence-electron chi connectivity index (χ3n) is 2.93. The summed E-state index contributed by atoms with van der Waals surface area (Å²) in [5.74, 6) is 0.428. The van der Waals surface area contributed by atoms with Crippen LogP contribution in [-0.4, -0.2) is 18.5 Å². The molecule has 0 heterocycles. The van der Waals surface area contributed by atoms with Crippen LogP contribution in [0.25, 0.3) is 0 Å². The first-order valence-electron chi connectivity index (χ1n) is 5.97. The summed E-state index contributed by atoms with van der Waals surface area (Å²) in [7, 11) is 1.79. The van der Waals surface area contributed by atoms with Crippen molar-refractivity contribution in [2.45, 2.75) is 26.4 Å². The van der Waals surface area contributed by atoms with Gasteiger partial charge in [0.1, 0.15) is 0 Å². The Hall–Kier alpha value is -0.600. The fraction of sp³-hybridized carbons (Fsp3) is 0.467. The molecule has 1 rings (SSSR count). The first-order valence-corrected chi connectivity index (χ1v) is 7.09. The van der Waals surface area contributed by atoms with E-state index in [0.29, 0.717) is 5.92 Å². The summed E-state index contributed by atoms with van der Waals surface area (Å²) >= 11 is 3.47. The minimum absolute atomic E-state index is 0.242. The third-order valence-corrected chi connectivity index (χ3v) is 3.81. The van der Waals surface area contributed by atoms with Gasteiger partial charge in [-0.3, -0.25) is 0 Å². The fourth-order valence-corrected chi connectivity index (χ4v) is 2.12. The van der Waals surface area contributed by atoms with E-state index in [1.54, 1.807) is 7.11 Å². The van der Waals surface area contributed by atoms with Gasteiger partial charge in [-0.05, 0) is 18.9 Å². The van der Waals surface area contributed by atoms with E-state index < -0.39 is 0 Å². The minimum atomic E-state index is 0.242. The Kier molecular flexibility index (Phi) is 6.53. The molecule has 0 amide bonds. The molecule has 2 atom stereocenters. The van der Waals surface area contributed by atoms with E-state index in [1.807, 2.05) is 6.07 Å². The second-order valence-corrected chi connectivity index (χ2v) is 5.03. The first-order chi connectivity index (χ1) is 8.17. The zero-order valence-corrected chi connectivity index (χ0v) is 12.4. The van der Waals surface area contributed by atoms with Crippen molar-refractivity contribution < 1.29 is 4.74 Å². The van der Waals surface area contributed by atoms with E-state index in [4.69, 9.17) is 4.74 Å². The average Bonchev–Trinajstić information content (AvgIpc) is 2.36. The van der Waals surface area contributed by atoms with E-state index in [-0.39, 0.29) is 6.10 Å². The molecule has 0 unspecified atom stereocenters. The Balaban J connectivity index is 2.66. The molecule has 0 aromatic heterocycles. The van der Waals surface area contributed by atoms with E-state index in [9.17, 15) is 0 Å². The highest BCUT2D eigenvalue weighted by Crippen LogP contribution is 2.16. The molecule has 1 aromatic rings. The standard InChI is InChI=1S/C15H21BrO/c1-12(11-16)9-13(2)15(17-3)10-14-7-5-4-6-8-14/h4-9,13,15H,10-11H2,1-3H3/b12-9+/t13-,15-/m0/s1. The van der Waals surface area contributed by atoms with Crippen LogP contribution in [-0.2, 0) is 11.2 Å². The molecule has 2 heteroatoms. The Labute approximate surface area is 113 Å².